The third-order valence-corrected chi connectivity index (χ3v) is 4.90. The molecule has 1 aliphatic heterocycles. The SMILES string of the molecule is CCc1noc([C@@H](C)N2CCN(C[C@@H](O)Cc3ccccc3)CC2)n1. The molecule has 0 aliphatic carbocycles. The molecule has 2 atom stereocenters. The van der Waals surface area contributed by atoms with E-state index in [-0.39, 0.29) is 12.1 Å². The molecule has 6 nitrogen and oxygen atoms in total. The first kappa shape index (κ1) is 18.0. The zero-order valence-corrected chi connectivity index (χ0v) is 15.1. The fraction of sp³-hybridized carbons (Fsp3) is 0.579. The highest BCUT2D eigenvalue weighted by Crippen LogP contribution is 2.20. The average molecular weight is 344 g/mol. The molecule has 2 aromatic rings. The number of hydrogen-bond donors (Lipinski definition) is 1. The zero-order chi connectivity index (χ0) is 17.6. The smallest absolute Gasteiger partial charge is 0.243 e. The van der Waals surface area contributed by atoms with E-state index in [0.717, 1.165) is 45.0 Å². The monoisotopic (exact) mass is 344 g/mol. The first-order chi connectivity index (χ1) is 12.2. The van der Waals surface area contributed by atoms with E-state index in [2.05, 4.69) is 39.0 Å². The molecule has 25 heavy (non-hydrogen) atoms. The maximum absolute atomic E-state index is 10.3. The molecule has 1 saturated heterocycles. The van der Waals surface area contributed by atoms with Gasteiger partial charge in [0, 0.05) is 39.1 Å². The van der Waals surface area contributed by atoms with Crippen molar-refractivity contribution in [2.24, 2.45) is 0 Å². The number of β-amino-alcohol motifs (C(OH)–C–C–N with tert-alkyl or cyclic N) is 1. The summed E-state index contributed by atoms with van der Waals surface area (Å²) in [5.74, 6) is 1.47. The van der Waals surface area contributed by atoms with Gasteiger partial charge in [-0.05, 0) is 18.9 Å². The number of aliphatic hydroxyl groups excluding tert-OH is 1. The third kappa shape index (κ3) is 4.87. The number of piperazine rings is 1. The highest BCUT2D eigenvalue weighted by molar-refractivity contribution is 5.15. The summed E-state index contributed by atoms with van der Waals surface area (Å²) >= 11 is 0. The summed E-state index contributed by atoms with van der Waals surface area (Å²) in [5.41, 5.74) is 1.19. The van der Waals surface area contributed by atoms with Crippen LogP contribution >= 0.6 is 0 Å². The molecule has 0 spiro atoms. The number of aryl methyl sites for hydroxylation is 1. The van der Waals surface area contributed by atoms with Crippen LogP contribution in [-0.4, -0.2) is 63.9 Å². The Morgan fingerprint density at radius 1 is 1.16 bits per heavy atom. The molecule has 1 N–H and O–H groups in total. The van der Waals surface area contributed by atoms with E-state index >= 15 is 0 Å². The van der Waals surface area contributed by atoms with Crippen molar-refractivity contribution in [1.29, 1.82) is 0 Å². The summed E-state index contributed by atoms with van der Waals surface area (Å²) in [6.45, 7) is 8.66. The Balaban J connectivity index is 1.45. The van der Waals surface area contributed by atoms with Crippen LogP contribution in [0.5, 0.6) is 0 Å². The second-order valence-corrected chi connectivity index (χ2v) is 6.76. The topological polar surface area (TPSA) is 65.6 Å². The Morgan fingerprint density at radius 3 is 2.52 bits per heavy atom. The van der Waals surface area contributed by atoms with Crippen LogP contribution in [0.1, 0.15) is 37.2 Å². The fourth-order valence-corrected chi connectivity index (χ4v) is 3.32. The summed E-state index contributed by atoms with van der Waals surface area (Å²) in [7, 11) is 0. The van der Waals surface area contributed by atoms with E-state index < -0.39 is 0 Å². The molecule has 1 aromatic heterocycles. The molecule has 0 bridgehead atoms. The van der Waals surface area contributed by atoms with E-state index in [1.54, 1.807) is 0 Å². The minimum absolute atomic E-state index is 0.143. The predicted octanol–water partition coefficient (Wildman–Crippen LogP) is 1.91. The van der Waals surface area contributed by atoms with Gasteiger partial charge in [-0.1, -0.05) is 42.4 Å². The van der Waals surface area contributed by atoms with Gasteiger partial charge in [0.05, 0.1) is 12.1 Å². The van der Waals surface area contributed by atoms with Gasteiger partial charge in [-0.15, -0.1) is 0 Å². The molecule has 1 aliphatic rings. The number of aromatic nitrogens is 2. The second-order valence-electron chi connectivity index (χ2n) is 6.76. The van der Waals surface area contributed by atoms with Crippen molar-refractivity contribution in [3.63, 3.8) is 0 Å². The molecule has 0 amide bonds. The van der Waals surface area contributed by atoms with Crippen molar-refractivity contribution in [3.05, 3.63) is 47.6 Å². The lowest BCUT2D eigenvalue weighted by Crippen LogP contribution is -2.49. The second kappa shape index (κ2) is 8.56. The fourth-order valence-electron chi connectivity index (χ4n) is 3.32. The summed E-state index contributed by atoms with van der Waals surface area (Å²) in [5, 5.41) is 14.3. The van der Waals surface area contributed by atoms with Crippen molar-refractivity contribution in [1.82, 2.24) is 19.9 Å². The number of benzene rings is 1. The highest BCUT2D eigenvalue weighted by atomic mass is 16.5. The molecule has 1 fully saturated rings. The van der Waals surface area contributed by atoms with Gasteiger partial charge in [-0.25, -0.2) is 0 Å². The van der Waals surface area contributed by atoms with E-state index in [9.17, 15) is 5.11 Å². The largest absolute Gasteiger partial charge is 0.391 e. The summed E-state index contributed by atoms with van der Waals surface area (Å²) in [4.78, 5) is 9.15. The Bertz CT molecular complexity index is 638. The summed E-state index contributed by atoms with van der Waals surface area (Å²) in [6.07, 6.45) is 1.18. The molecule has 0 saturated carbocycles. The Morgan fingerprint density at radius 2 is 1.88 bits per heavy atom. The lowest BCUT2D eigenvalue weighted by atomic mass is 10.1. The first-order valence-electron chi connectivity index (χ1n) is 9.16. The minimum atomic E-state index is -0.325. The molecule has 2 heterocycles. The molecule has 1 aromatic carbocycles. The molecular formula is C19H28N4O2. The van der Waals surface area contributed by atoms with Crippen LogP contribution in [-0.2, 0) is 12.8 Å². The predicted molar refractivity (Wildman–Crippen MR) is 96.3 cm³/mol. The van der Waals surface area contributed by atoms with Gasteiger partial charge < -0.3 is 9.63 Å². The Labute approximate surface area is 149 Å². The molecule has 3 rings (SSSR count). The molecule has 6 heteroatoms. The van der Waals surface area contributed by atoms with Crippen molar-refractivity contribution >= 4 is 0 Å². The number of hydrogen-bond acceptors (Lipinski definition) is 6. The van der Waals surface area contributed by atoms with Gasteiger partial charge in [0.2, 0.25) is 5.89 Å². The van der Waals surface area contributed by atoms with Crippen molar-refractivity contribution in [3.8, 4) is 0 Å². The van der Waals surface area contributed by atoms with Crippen molar-refractivity contribution in [2.45, 2.75) is 38.8 Å². The maximum Gasteiger partial charge on any atom is 0.243 e. The average Bonchev–Trinajstić information content (AvgIpc) is 3.12. The van der Waals surface area contributed by atoms with Gasteiger partial charge in [0.25, 0.3) is 0 Å². The van der Waals surface area contributed by atoms with Crippen LogP contribution in [0.25, 0.3) is 0 Å². The van der Waals surface area contributed by atoms with Crippen LogP contribution < -0.4 is 0 Å². The Kier molecular flexibility index (Phi) is 6.18. The van der Waals surface area contributed by atoms with E-state index in [0.29, 0.717) is 12.3 Å². The van der Waals surface area contributed by atoms with Gasteiger partial charge >= 0.3 is 0 Å². The molecule has 0 radical (unpaired) electrons. The molecular weight excluding hydrogens is 316 g/mol. The van der Waals surface area contributed by atoms with Crippen LogP contribution in [0.2, 0.25) is 0 Å². The number of nitrogens with zero attached hydrogens (tertiary/aromatic N) is 4. The lowest BCUT2D eigenvalue weighted by molar-refractivity contribution is 0.0529. The standard InChI is InChI=1S/C19H28N4O2/c1-3-18-20-19(25-21-18)15(2)23-11-9-22(10-12-23)14-17(24)13-16-7-5-4-6-8-16/h4-8,15,17,24H,3,9-14H2,1-2H3/t15-,17+/m1/s1. The van der Waals surface area contributed by atoms with Crippen LogP contribution in [0.3, 0.4) is 0 Å². The quantitative estimate of drug-likeness (QED) is 0.828. The van der Waals surface area contributed by atoms with Gasteiger partial charge in [0.1, 0.15) is 0 Å². The number of aliphatic hydroxyl groups is 1. The molecule has 0 unspecified atom stereocenters. The summed E-state index contributed by atoms with van der Waals surface area (Å²) < 4.78 is 5.37. The van der Waals surface area contributed by atoms with E-state index in [1.165, 1.54) is 5.56 Å². The van der Waals surface area contributed by atoms with Gasteiger partial charge in [0.15, 0.2) is 5.82 Å². The number of rotatable bonds is 7. The third-order valence-electron chi connectivity index (χ3n) is 4.90. The lowest BCUT2D eigenvalue weighted by Gasteiger charge is -2.37. The minimum Gasteiger partial charge on any atom is -0.391 e. The Hall–Kier alpha value is -1.76. The summed E-state index contributed by atoms with van der Waals surface area (Å²) in [6, 6.07) is 10.3. The van der Waals surface area contributed by atoms with Crippen molar-refractivity contribution in [2.75, 3.05) is 32.7 Å². The maximum atomic E-state index is 10.3. The first-order valence-corrected chi connectivity index (χ1v) is 9.16. The van der Waals surface area contributed by atoms with E-state index in [4.69, 9.17) is 4.52 Å². The van der Waals surface area contributed by atoms with E-state index in [1.807, 2.05) is 25.1 Å². The van der Waals surface area contributed by atoms with Crippen molar-refractivity contribution < 1.29 is 9.63 Å². The zero-order valence-electron chi connectivity index (χ0n) is 15.1. The van der Waals surface area contributed by atoms with Crippen LogP contribution in [0.4, 0.5) is 0 Å². The molecule has 136 valence electrons. The van der Waals surface area contributed by atoms with Gasteiger partial charge in [-0.3, -0.25) is 9.80 Å². The van der Waals surface area contributed by atoms with Crippen LogP contribution in [0, 0.1) is 0 Å². The van der Waals surface area contributed by atoms with Crippen LogP contribution in [0.15, 0.2) is 34.9 Å². The highest BCUT2D eigenvalue weighted by Gasteiger charge is 2.26. The van der Waals surface area contributed by atoms with Gasteiger partial charge in [-0.2, -0.15) is 4.98 Å². The normalized spacial score (nSPS) is 19.0.